The minimum atomic E-state index is 0.0283. The lowest BCUT2D eigenvalue weighted by Crippen LogP contribution is -2.36. The SMILES string of the molecule is CCS[C@@H]1CCCCN(C(=O)c2cc(C)nc(NC)n2)C1. The Kier molecular flexibility index (Phi) is 5.85. The van der Waals surface area contributed by atoms with Crippen molar-refractivity contribution >= 4 is 23.6 Å². The summed E-state index contributed by atoms with van der Waals surface area (Å²) < 4.78 is 0. The van der Waals surface area contributed by atoms with Crippen LogP contribution >= 0.6 is 11.8 Å². The molecule has 1 aromatic heterocycles. The molecule has 0 unspecified atom stereocenters. The molecular weight excluding hydrogens is 284 g/mol. The van der Waals surface area contributed by atoms with E-state index in [1.165, 1.54) is 12.8 Å². The first-order chi connectivity index (χ1) is 10.1. The van der Waals surface area contributed by atoms with Gasteiger partial charge in [-0.1, -0.05) is 13.3 Å². The molecule has 21 heavy (non-hydrogen) atoms. The van der Waals surface area contributed by atoms with Gasteiger partial charge in [0.15, 0.2) is 0 Å². The highest BCUT2D eigenvalue weighted by atomic mass is 32.2. The Morgan fingerprint density at radius 2 is 2.29 bits per heavy atom. The molecule has 5 nitrogen and oxygen atoms in total. The van der Waals surface area contributed by atoms with Crippen LogP contribution < -0.4 is 5.32 Å². The minimum absolute atomic E-state index is 0.0283. The van der Waals surface area contributed by atoms with Crippen molar-refractivity contribution in [2.24, 2.45) is 0 Å². The number of aryl methyl sites for hydroxylation is 1. The summed E-state index contributed by atoms with van der Waals surface area (Å²) in [6.07, 6.45) is 3.48. The van der Waals surface area contributed by atoms with Crippen molar-refractivity contribution in [1.82, 2.24) is 14.9 Å². The van der Waals surface area contributed by atoms with Crippen molar-refractivity contribution in [2.45, 2.75) is 38.4 Å². The molecule has 2 rings (SSSR count). The number of hydrogen-bond donors (Lipinski definition) is 1. The number of amides is 1. The highest BCUT2D eigenvalue weighted by molar-refractivity contribution is 7.99. The molecule has 0 saturated carbocycles. The first-order valence-corrected chi connectivity index (χ1v) is 8.63. The van der Waals surface area contributed by atoms with Crippen LogP contribution in [-0.4, -0.2) is 51.9 Å². The van der Waals surface area contributed by atoms with Gasteiger partial charge in [-0.05, 0) is 31.6 Å². The summed E-state index contributed by atoms with van der Waals surface area (Å²) >= 11 is 1.95. The summed E-state index contributed by atoms with van der Waals surface area (Å²) in [5, 5.41) is 3.46. The van der Waals surface area contributed by atoms with Crippen LogP contribution in [0.15, 0.2) is 6.07 Å². The molecule has 1 N–H and O–H groups in total. The number of carbonyl (C=O) groups excluding carboxylic acids is 1. The predicted octanol–water partition coefficient (Wildman–Crippen LogP) is 2.57. The molecule has 1 atom stereocenters. The van der Waals surface area contributed by atoms with Crippen molar-refractivity contribution in [3.05, 3.63) is 17.5 Å². The Morgan fingerprint density at radius 3 is 3.00 bits per heavy atom. The molecule has 0 aromatic carbocycles. The predicted molar refractivity (Wildman–Crippen MR) is 88.0 cm³/mol. The number of nitrogens with one attached hydrogen (secondary N) is 1. The normalized spacial score (nSPS) is 19.2. The van der Waals surface area contributed by atoms with Crippen molar-refractivity contribution in [2.75, 3.05) is 31.2 Å². The number of aromatic nitrogens is 2. The third-order valence-electron chi connectivity index (χ3n) is 3.61. The van der Waals surface area contributed by atoms with Gasteiger partial charge in [0.05, 0.1) is 0 Å². The van der Waals surface area contributed by atoms with Crippen LogP contribution in [0.1, 0.15) is 42.4 Å². The van der Waals surface area contributed by atoms with E-state index in [1.807, 2.05) is 23.6 Å². The number of anilines is 1. The van der Waals surface area contributed by atoms with Gasteiger partial charge in [0.1, 0.15) is 5.69 Å². The summed E-state index contributed by atoms with van der Waals surface area (Å²) in [5.41, 5.74) is 1.31. The molecule has 116 valence electrons. The van der Waals surface area contributed by atoms with Gasteiger partial charge >= 0.3 is 0 Å². The first kappa shape index (κ1) is 16.1. The molecule has 1 saturated heterocycles. The van der Waals surface area contributed by atoms with Gasteiger partial charge in [-0.15, -0.1) is 0 Å². The fourth-order valence-corrected chi connectivity index (χ4v) is 3.70. The number of likely N-dealkylation sites (tertiary alicyclic amines) is 1. The number of carbonyl (C=O) groups is 1. The van der Waals surface area contributed by atoms with E-state index in [-0.39, 0.29) is 5.91 Å². The Labute approximate surface area is 130 Å². The zero-order valence-electron chi connectivity index (χ0n) is 13.1. The summed E-state index contributed by atoms with van der Waals surface area (Å²) in [7, 11) is 1.77. The van der Waals surface area contributed by atoms with Crippen molar-refractivity contribution in [3.8, 4) is 0 Å². The number of nitrogens with zero attached hydrogens (tertiary/aromatic N) is 3. The molecule has 0 spiro atoms. The standard InChI is InChI=1S/C15H24N4OS/c1-4-21-12-7-5-6-8-19(10-12)14(20)13-9-11(2)17-15(16-3)18-13/h9,12H,4-8,10H2,1-3H3,(H,16,17,18)/t12-/m1/s1. The van der Waals surface area contributed by atoms with E-state index in [9.17, 15) is 4.79 Å². The third-order valence-corrected chi connectivity index (χ3v) is 4.80. The second-order valence-corrected chi connectivity index (χ2v) is 6.87. The van der Waals surface area contributed by atoms with E-state index < -0.39 is 0 Å². The molecule has 0 bridgehead atoms. The van der Waals surface area contributed by atoms with Crippen LogP contribution in [0.25, 0.3) is 0 Å². The lowest BCUT2D eigenvalue weighted by molar-refractivity contribution is 0.0757. The van der Waals surface area contributed by atoms with Gasteiger partial charge in [-0.3, -0.25) is 4.79 Å². The zero-order valence-corrected chi connectivity index (χ0v) is 13.9. The molecule has 0 radical (unpaired) electrons. The van der Waals surface area contributed by atoms with Crippen molar-refractivity contribution in [3.63, 3.8) is 0 Å². The molecular formula is C15H24N4OS. The van der Waals surface area contributed by atoms with Crippen LogP contribution in [0.4, 0.5) is 5.95 Å². The Morgan fingerprint density at radius 1 is 1.48 bits per heavy atom. The minimum Gasteiger partial charge on any atom is -0.357 e. The van der Waals surface area contributed by atoms with Crippen LogP contribution in [-0.2, 0) is 0 Å². The highest BCUT2D eigenvalue weighted by Gasteiger charge is 2.24. The highest BCUT2D eigenvalue weighted by Crippen LogP contribution is 2.23. The van der Waals surface area contributed by atoms with Crippen LogP contribution in [0, 0.1) is 6.92 Å². The van der Waals surface area contributed by atoms with E-state index in [0.29, 0.717) is 16.9 Å². The zero-order chi connectivity index (χ0) is 15.2. The fraction of sp³-hybridized carbons (Fsp3) is 0.667. The smallest absolute Gasteiger partial charge is 0.272 e. The third kappa shape index (κ3) is 4.33. The van der Waals surface area contributed by atoms with Crippen LogP contribution in [0.2, 0.25) is 0 Å². The molecule has 0 aliphatic carbocycles. The monoisotopic (exact) mass is 308 g/mol. The van der Waals surface area contributed by atoms with E-state index in [2.05, 4.69) is 22.2 Å². The molecule has 6 heteroatoms. The molecule has 2 heterocycles. The van der Waals surface area contributed by atoms with E-state index in [1.54, 1.807) is 13.1 Å². The summed E-state index contributed by atoms with van der Waals surface area (Å²) in [6, 6.07) is 1.77. The average molecular weight is 308 g/mol. The molecule has 1 fully saturated rings. The molecule has 1 aliphatic heterocycles. The van der Waals surface area contributed by atoms with Gasteiger partial charge < -0.3 is 10.2 Å². The largest absolute Gasteiger partial charge is 0.357 e. The van der Waals surface area contributed by atoms with E-state index >= 15 is 0 Å². The van der Waals surface area contributed by atoms with E-state index in [4.69, 9.17) is 0 Å². The number of hydrogen-bond acceptors (Lipinski definition) is 5. The van der Waals surface area contributed by atoms with Gasteiger partial charge in [-0.25, -0.2) is 9.97 Å². The van der Waals surface area contributed by atoms with Crippen LogP contribution in [0.3, 0.4) is 0 Å². The first-order valence-electron chi connectivity index (χ1n) is 7.58. The summed E-state index contributed by atoms with van der Waals surface area (Å²) in [5.74, 6) is 1.64. The van der Waals surface area contributed by atoms with E-state index in [0.717, 1.165) is 31.0 Å². The van der Waals surface area contributed by atoms with Crippen LogP contribution in [0.5, 0.6) is 0 Å². The maximum Gasteiger partial charge on any atom is 0.272 e. The maximum atomic E-state index is 12.7. The molecule has 1 amide bonds. The van der Waals surface area contributed by atoms with Gasteiger partial charge in [0.25, 0.3) is 5.91 Å². The Bertz CT molecular complexity index is 495. The number of rotatable bonds is 4. The van der Waals surface area contributed by atoms with Crippen molar-refractivity contribution in [1.29, 1.82) is 0 Å². The lowest BCUT2D eigenvalue weighted by Gasteiger charge is -2.24. The second-order valence-electron chi connectivity index (χ2n) is 5.29. The van der Waals surface area contributed by atoms with Gasteiger partial charge in [0.2, 0.25) is 5.95 Å². The topological polar surface area (TPSA) is 58.1 Å². The number of thioether (sulfide) groups is 1. The lowest BCUT2D eigenvalue weighted by atomic mass is 10.2. The molecule has 1 aromatic rings. The fourth-order valence-electron chi connectivity index (χ4n) is 2.61. The summed E-state index contributed by atoms with van der Waals surface area (Å²) in [6.45, 7) is 5.72. The van der Waals surface area contributed by atoms with Crippen molar-refractivity contribution < 1.29 is 4.79 Å². The second kappa shape index (κ2) is 7.64. The average Bonchev–Trinajstić information content (AvgIpc) is 2.72. The van der Waals surface area contributed by atoms with Gasteiger partial charge in [0, 0.05) is 31.1 Å². The Balaban J connectivity index is 2.15. The Hall–Kier alpha value is -1.30. The quantitative estimate of drug-likeness (QED) is 0.926. The summed E-state index contributed by atoms with van der Waals surface area (Å²) in [4.78, 5) is 23.2. The maximum absolute atomic E-state index is 12.7. The van der Waals surface area contributed by atoms with Gasteiger partial charge in [-0.2, -0.15) is 11.8 Å². The molecule has 1 aliphatic rings.